The van der Waals surface area contributed by atoms with Crippen LogP contribution in [0.15, 0.2) is 77.7 Å². The zero-order valence-corrected chi connectivity index (χ0v) is 21.6. The van der Waals surface area contributed by atoms with Crippen LogP contribution >= 0.6 is 11.8 Å². The average Bonchev–Trinajstić information content (AvgIpc) is 3.21. The first kappa shape index (κ1) is 25.5. The highest BCUT2D eigenvalue weighted by Crippen LogP contribution is 2.33. The number of halogens is 1. The minimum absolute atomic E-state index is 0.0720. The first-order valence-electron chi connectivity index (χ1n) is 12.2. The summed E-state index contributed by atoms with van der Waals surface area (Å²) < 4.78 is 18.5. The van der Waals surface area contributed by atoms with Crippen LogP contribution in [0.2, 0.25) is 0 Å². The van der Waals surface area contributed by atoms with Gasteiger partial charge in [-0.2, -0.15) is 0 Å². The second-order valence-corrected chi connectivity index (χ2v) is 9.99. The van der Waals surface area contributed by atoms with Crippen molar-refractivity contribution in [3.8, 4) is 5.75 Å². The van der Waals surface area contributed by atoms with Gasteiger partial charge in [0.15, 0.2) is 0 Å². The topological polar surface area (TPSA) is 70.2 Å². The Hall–Kier alpha value is -4.11. The Balaban J connectivity index is 1.24. The van der Waals surface area contributed by atoms with Crippen molar-refractivity contribution in [1.29, 1.82) is 0 Å². The zero-order valence-electron chi connectivity index (χ0n) is 20.8. The summed E-state index contributed by atoms with van der Waals surface area (Å²) >= 11 is 0.857. The highest BCUT2D eigenvalue weighted by Gasteiger charge is 2.35. The van der Waals surface area contributed by atoms with Crippen LogP contribution in [-0.2, 0) is 11.3 Å². The van der Waals surface area contributed by atoms with Gasteiger partial charge >= 0.3 is 0 Å². The molecule has 0 radical (unpaired) electrons. The van der Waals surface area contributed by atoms with E-state index in [4.69, 9.17) is 4.74 Å². The summed E-state index contributed by atoms with van der Waals surface area (Å²) in [5.74, 6) is -0.0632. The number of hydrogen-bond donors (Lipinski definition) is 0. The van der Waals surface area contributed by atoms with E-state index in [1.165, 1.54) is 12.1 Å². The van der Waals surface area contributed by atoms with Gasteiger partial charge in [-0.3, -0.25) is 19.3 Å². The molecule has 2 aliphatic heterocycles. The molecule has 0 N–H and O–H groups in total. The van der Waals surface area contributed by atoms with Gasteiger partial charge < -0.3 is 14.5 Å². The fraction of sp³-hybridized carbons (Fsp3) is 0.207. The van der Waals surface area contributed by atoms with Crippen LogP contribution in [0.4, 0.5) is 14.9 Å². The van der Waals surface area contributed by atoms with E-state index >= 15 is 0 Å². The summed E-state index contributed by atoms with van der Waals surface area (Å²) in [6.45, 7) is 2.66. The molecule has 2 saturated heterocycles. The average molecular weight is 532 g/mol. The summed E-state index contributed by atoms with van der Waals surface area (Å²) in [6.07, 6.45) is 1.63. The lowest BCUT2D eigenvalue weighted by Crippen LogP contribution is -2.48. The van der Waals surface area contributed by atoms with Crippen molar-refractivity contribution >= 4 is 40.6 Å². The third kappa shape index (κ3) is 5.57. The van der Waals surface area contributed by atoms with Crippen molar-refractivity contribution in [3.05, 3.63) is 100 Å². The zero-order chi connectivity index (χ0) is 26.6. The molecule has 3 aromatic carbocycles. The molecular formula is C29H26FN3O4S. The Kier molecular flexibility index (Phi) is 7.46. The number of rotatable bonds is 6. The molecule has 2 fully saturated rings. The number of benzene rings is 3. The molecule has 194 valence electrons. The molecule has 0 unspecified atom stereocenters. The summed E-state index contributed by atoms with van der Waals surface area (Å²) in [5.41, 5.74) is 2.91. The van der Waals surface area contributed by atoms with Gasteiger partial charge in [0.2, 0.25) is 0 Å². The van der Waals surface area contributed by atoms with E-state index in [1.54, 1.807) is 49.6 Å². The Labute approximate surface area is 224 Å². The maximum absolute atomic E-state index is 13.2. The minimum Gasteiger partial charge on any atom is -0.497 e. The van der Waals surface area contributed by atoms with Crippen LogP contribution in [0.25, 0.3) is 6.08 Å². The fourth-order valence-electron chi connectivity index (χ4n) is 4.48. The van der Waals surface area contributed by atoms with Crippen LogP contribution < -0.4 is 9.64 Å². The summed E-state index contributed by atoms with van der Waals surface area (Å²) in [5, 5.41) is -0.383. The lowest BCUT2D eigenvalue weighted by molar-refractivity contribution is -0.123. The fourth-order valence-corrected chi connectivity index (χ4v) is 5.32. The molecule has 0 bridgehead atoms. The first-order valence-corrected chi connectivity index (χ1v) is 13.0. The van der Waals surface area contributed by atoms with E-state index in [9.17, 15) is 18.8 Å². The van der Waals surface area contributed by atoms with E-state index in [-0.39, 0.29) is 28.4 Å². The Morgan fingerprint density at radius 2 is 1.71 bits per heavy atom. The van der Waals surface area contributed by atoms with Gasteiger partial charge in [0.05, 0.1) is 18.6 Å². The predicted molar refractivity (Wildman–Crippen MR) is 145 cm³/mol. The van der Waals surface area contributed by atoms with Crippen molar-refractivity contribution in [2.24, 2.45) is 0 Å². The largest absolute Gasteiger partial charge is 0.497 e. The number of carbonyl (C=O) groups excluding carboxylic acids is 3. The summed E-state index contributed by atoms with van der Waals surface area (Å²) in [6, 6.07) is 20.6. The van der Waals surface area contributed by atoms with E-state index in [1.807, 2.05) is 29.2 Å². The van der Waals surface area contributed by atoms with Crippen LogP contribution in [-0.4, -0.2) is 60.1 Å². The summed E-state index contributed by atoms with van der Waals surface area (Å²) in [7, 11) is 1.64. The number of methoxy groups -OCH3 is 1. The molecule has 0 saturated carbocycles. The van der Waals surface area contributed by atoms with Gasteiger partial charge in [-0.05, 0) is 65.4 Å². The quantitative estimate of drug-likeness (QED) is 0.416. The van der Waals surface area contributed by atoms with Crippen molar-refractivity contribution in [2.45, 2.75) is 6.54 Å². The maximum Gasteiger partial charge on any atom is 0.293 e. The second kappa shape index (κ2) is 11.1. The summed E-state index contributed by atoms with van der Waals surface area (Å²) in [4.78, 5) is 44.1. The number of hydrogen-bond acceptors (Lipinski definition) is 6. The number of thioether (sulfide) groups is 1. The van der Waals surface area contributed by atoms with Crippen molar-refractivity contribution in [3.63, 3.8) is 0 Å². The number of anilines is 1. The van der Waals surface area contributed by atoms with Crippen LogP contribution in [0.5, 0.6) is 5.75 Å². The molecule has 0 spiro atoms. The smallest absolute Gasteiger partial charge is 0.293 e. The first-order chi connectivity index (χ1) is 18.4. The highest BCUT2D eigenvalue weighted by atomic mass is 32.2. The normalized spacial score (nSPS) is 16.9. The van der Waals surface area contributed by atoms with Crippen molar-refractivity contribution < 1.29 is 23.5 Å². The molecule has 0 aliphatic carbocycles. The number of amides is 3. The van der Waals surface area contributed by atoms with E-state index in [0.29, 0.717) is 42.9 Å². The number of carbonyl (C=O) groups is 3. The van der Waals surface area contributed by atoms with Crippen molar-refractivity contribution in [1.82, 2.24) is 9.80 Å². The Bertz CT molecular complexity index is 1400. The van der Waals surface area contributed by atoms with Gasteiger partial charge in [0.25, 0.3) is 17.1 Å². The number of piperazine rings is 1. The van der Waals surface area contributed by atoms with E-state index in [2.05, 4.69) is 4.90 Å². The molecule has 3 aromatic rings. The van der Waals surface area contributed by atoms with Gasteiger partial charge in [-0.15, -0.1) is 0 Å². The van der Waals surface area contributed by atoms with Gasteiger partial charge in [0.1, 0.15) is 11.6 Å². The van der Waals surface area contributed by atoms with Crippen molar-refractivity contribution in [2.75, 3.05) is 38.2 Å². The number of ether oxygens (including phenoxy) is 1. The minimum atomic E-state index is -0.408. The molecule has 2 heterocycles. The van der Waals surface area contributed by atoms with Crippen LogP contribution in [0.1, 0.15) is 21.5 Å². The number of nitrogens with zero attached hydrogens (tertiary/aromatic N) is 3. The molecule has 7 nitrogen and oxygen atoms in total. The molecule has 0 aromatic heterocycles. The maximum atomic E-state index is 13.2. The molecule has 38 heavy (non-hydrogen) atoms. The number of imide groups is 1. The molecule has 3 amide bonds. The van der Waals surface area contributed by atoms with Gasteiger partial charge in [0, 0.05) is 43.5 Å². The molecule has 9 heteroatoms. The van der Waals surface area contributed by atoms with Gasteiger partial charge in [-0.25, -0.2) is 4.39 Å². The third-order valence-corrected chi connectivity index (χ3v) is 7.45. The van der Waals surface area contributed by atoms with E-state index in [0.717, 1.165) is 28.1 Å². The highest BCUT2D eigenvalue weighted by molar-refractivity contribution is 8.18. The SMILES string of the molecule is COc1cccc(N2CCN(C(=O)c3cccc(/C=C4\SC(=O)N(Cc5ccc(F)cc5)C4=O)c3)CC2)c1. The molecule has 5 rings (SSSR count). The Morgan fingerprint density at radius 3 is 2.45 bits per heavy atom. The predicted octanol–water partition coefficient (Wildman–Crippen LogP) is 5.03. The Morgan fingerprint density at radius 1 is 0.974 bits per heavy atom. The van der Waals surface area contributed by atoms with Crippen LogP contribution in [0.3, 0.4) is 0 Å². The standard InChI is InChI=1S/C29H26FN3O4S/c1-37-25-7-3-6-24(18-25)31-12-14-32(15-13-31)27(34)22-5-2-4-21(16-22)17-26-28(35)33(29(36)38-26)19-20-8-10-23(30)11-9-20/h2-11,16-18H,12-15,19H2,1H3/b26-17-. The molecular weight excluding hydrogens is 505 g/mol. The monoisotopic (exact) mass is 531 g/mol. The van der Waals surface area contributed by atoms with E-state index < -0.39 is 5.91 Å². The third-order valence-electron chi connectivity index (χ3n) is 6.54. The molecule has 0 atom stereocenters. The lowest BCUT2D eigenvalue weighted by Gasteiger charge is -2.36. The second-order valence-electron chi connectivity index (χ2n) is 9.00. The van der Waals surface area contributed by atoms with Gasteiger partial charge in [-0.1, -0.05) is 30.3 Å². The molecule has 2 aliphatic rings. The van der Waals surface area contributed by atoms with Crippen LogP contribution in [0, 0.1) is 5.82 Å². The lowest BCUT2D eigenvalue weighted by atomic mass is 10.1.